The molecule has 0 saturated heterocycles. The maximum Gasteiger partial charge on any atom is 0.178 e. The van der Waals surface area contributed by atoms with Crippen molar-refractivity contribution in [2.45, 2.75) is 6.54 Å². The average Bonchev–Trinajstić information content (AvgIpc) is 2.88. The number of H-pyrrole nitrogens is 1. The lowest BCUT2D eigenvalue weighted by atomic mass is 10.3. The number of aromatic amines is 1. The Hall–Kier alpha value is -1.33. The standard InChI is InChI=1S/C12H9BrN2OS/c13-9-1-2-11-10(5-9)14-12(17)15(11)6-8-3-4-16-7-8/h1-5,7H,6H2,(H,14,17). The molecule has 2 heterocycles. The first kappa shape index (κ1) is 10.8. The minimum atomic E-state index is 0.719. The van der Waals surface area contributed by atoms with Gasteiger partial charge in [-0.1, -0.05) is 15.9 Å². The molecule has 0 spiro atoms. The van der Waals surface area contributed by atoms with Gasteiger partial charge in [0.05, 0.1) is 30.1 Å². The first-order valence-electron chi connectivity index (χ1n) is 5.13. The lowest BCUT2D eigenvalue weighted by Crippen LogP contribution is -1.97. The van der Waals surface area contributed by atoms with Crippen LogP contribution in [-0.4, -0.2) is 9.55 Å². The Balaban J connectivity index is 2.16. The molecule has 1 N–H and O–H groups in total. The predicted octanol–water partition coefficient (Wildman–Crippen LogP) is 4.10. The van der Waals surface area contributed by atoms with Crippen LogP contribution in [0.1, 0.15) is 5.56 Å². The molecule has 5 heteroatoms. The summed E-state index contributed by atoms with van der Waals surface area (Å²) in [5.74, 6) is 0. The van der Waals surface area contributed by atoms with Gasteiger partial charge in [-0.15, -0.1) is 0 Å². The van der Waals surface area contributed by atoms with Crippen molar-refractivity contribution in [1.82, 2.24) is 9.55 Å². The molecule has 1 aromatic carbocycles. The second-order valence-corrected chi connectivity index (χ2v) is 5.11. The molecule has 0 amide bonds. The monoisotopic (exact) mass is 308 g/mol. The highest BCUT2D eigenvalue weighted by atomic mass is 79.9. The van der Waals surface area contributed by atoms with Gasteiger partial charge >= 0.3 is 0 Å². The predicted molar refractivity (Wildman–Crippen MR) is 72.6 cm³/mol. The smallest absolute Gasteiger partial charge is 0.178 e. The third kappa shape index (κ3) is 1.96. The molecule has 0 atom stereocenters. The van der Waals surface area contributed by atoms with E-state index in [4.69, 9.17) is 16.6 Å². The Bertz CT molecular complexity index is 712. The number of halogens is 1. The summed E-state index contributed by atoms with van der Waals surface area (Å²) in [4.78, 5) is 3.20. The highest BCUT2D eigenvalue weighted by Gasteiger charge is 2.05. The van der Waals surface area contributed by atoms with Crippen molar-refractivity contribution in [2.75, 3.05) is 0 Å². The maximum absolute atomic E-state index is 5.33. The Kier molecular flexibility index (Phi) is 2.64. The van der Waals surface area contributed by atoms with Crippen LogP contribution in [0.25, 0.3) is 11.0 Å². The topological polar surface area (TPSA) is 33.9 Å². The summed E-state index contributed by atoms with van der Waals surface area (Å²) in [6.45, 7) is 0.719. The molecule has 3 aromatic rings. The first-order chi connectivity index (χ1) is 8.24. The fourth-order valence-electron chi connectivity index (χ4n) is 1.86. The molecule has 0 aliphatic carbocycles. The summed E-state index contributed by atoms with van der Waals surface area (Å²) < 4.78 is 8.89. The summed E-state index contributed by atoms with van der Waals surface area (Å²) in [6.07, 6.45) is 3.41. The van der Waals surface area contributed by atoms with Crippen LogP contribution in [0.15, 0.2) is 45.7 Å². The van der Waals surface area contributed by atoms with Gasteiger partial charge in [0, 0.05) is 10.0 Å². The Morgan fingerprint density at radius 2 is 2.24 bits per heavy atom. The summed E-state index contributed by atoms with van der Waals surface area (Å²) >= 11 is 8.78. The minimum absolute atomic E-state index is 0.719. The molecule has 86 valence electrons. The fourth-order valence-corrected chi connectivity index (χ4v) is 2.49. The lowest BCUT2D eigenvalue weighted by molar-refractivity contribution is 0.562. The van der Waals surface area contributed by atoms with Crippen LogP contribution in [0.2, 0.25) is 0 Å². The SMILES string of the molecule is S=c1[nH]c2cc(Br)ccc2n1Cc1ccoc1. The normalized spacial score (nSPS) is 11.1. The number of fused-ring (bicyclic) bond motifs is 1. The molecule has 0 aliphatic heterocycles. The van der Waals surface area contributed by atoms with E-state index in [-0.39, 0.29) is 0 Å². The first-order valence-corrected chi connectivity index (χ1v) is 6.33. The quantitative estimate of drug-likeness (QED) is 0.723. The van der Waals surface area contributed by atoms with Gasteiger partial charge in [0.25, 0.3) is 0 Å². The van der Waals surface area contributed by atoms with Crippen LogP contribution < -0.4 is 0 Å². The zero-order valence-corrected chi connectivity index (χ0v) is 11.2. The molecular weight excluding hydrogens is 300 g/mol. The van der Waals surface area contributed by atoms with E-state index in [1.54, 1.807) is 12.5 Å². The van der Waals surface area contributed by atoms with Crippen molar-refractivity contribution in [1.29, 1.82) is 0 Å². The molecule has 0 radical (unpaired) electrons. The van der Waals surface area contributed by atoms with Gasteiger partial charge in [-0.05, 0) is 36.5 Å². The van der Waals surface area contributed by atoms with E-state index in [2.05, 4.69) is 25.5 Å². The summed E-state index contributed by atoms with van der Waals surface area (Å²) in [6, 6.07) is 8.03. The van der Waals surface area contributed by atoms with Gasteiger partial charge in [-0.2, -0.15) is 0 Å². The lowest BCUT2D eigenvalue weighted by Gasteiger charge is -2.01. The number of hydrogen-bond donors (Lipinski definition) is 1. The van der Waals surface area contributed by atoms with Crippen molar-refractivity contribution in [3.05, 3.63) is 51.6 Å². The highest BCUT2D eigenvalue weighted by Crippen LogP contribution is 2.20. The number of nitrogens with one attached hydrogen (secondary N) is 1. The number of rotatable bonds is 2. The Morgan fingerprint density at radius 1 is 1.35 bits per heavy atom. The van der Waals surface area contributed by atoms with Gasteiger partial charge in [0.2, 0.25) is 0 Å². The molecule has 3 rings (SSSR count). The average molecular weight is 309 g/mol. The Morgan fingerprint density at radius 3 is 3.00 bits per heavy atom. The molecule has 0 bridgehead atoms. The largest absolute Gasteiger partial charge is 0.472 e. The van der Waals surface area contributed by atoms with E-state index in [0.717, 1.165) is 32.4 Å². The maximum atomic E-state index is 5.33. The fraction of sp³-hybridized carbons (Fsp3) is 0.0833. The molecule has 0 saturated carbocycles. The number of benzene rings is 1. The van der Waals surface area contributed by atoms with Crippen molar-refractivity contribution >= 4 is 39.2 Å². The van der Waals surface area contributed by atoms with Crippen LogP contribution in [0, 0.1) is 4.77 Å². The molecule has 0 unspecified atom stereocenters. The van der Waals surface area contributed by atoms with Gasteiger partial charge in [0.15, 0.2) is 4.77 Å². The minimum Gasteiger partial charge on any atom is -0.472 e. The Labute approximate surface area is 111 Å². The molecule has 0 aliphatic rings. The van der Waals surface area contributed by atoms with Crippen LogP contribution >= 0.6 is 28.1 Å². The van der Waals surface area contributed by atoms with E-state index in [1.807, 2.05) is 24.3 Å². The summed E-state index contributed by atoms with van der Waals surface area (Å²) in [5.41, 5.74) is 3.23. The second-order valence-electron chi connectivity index (χ2n) is 3.81. The van der Waals surface area contributed by atoms with E-state index in [9.17, 15) is 0 Å². The van der Waals surface area contributed by atoms with Gasteiger partial charge in [0.1, 0.15) is 0 Å². The third-order valence-corrected chi connectivity index (χ3v) is 3.47. The molecule has 3 nitrogen and oxygen atoms in total. The third-order valence-electron chi connectivity index (χ3n) is 2.66. The second kappa shape index (κ2) is 4.16. The zero-order chi connectivity index (χ0) is 11.8. The number of hydrogen-bond acceptors (Lipinski definition) is 2. The van der Waals surface area contributed by atoms with E-state index in [1.165, 1.54) is 0 Å². The molecule has 2 aromatic heterocycles. The summed E-state index contributed by atoms with van der Waals surface area (Å²) in [7, 11) is 0. The van der Waals surface area contributed by atoms with Gasteiger partial charge in [-0.25, -0.2) is 0 Å². The van der Waals surface area contributed by atoms with E-state index in [0.29, 0.717) is 0 Å². The van der Waals surface area contributed by atoms with Gasteiger partial charge in [-0.3, -0.25) is 0 Å². The molecule has 17 heavy (non-hydrogen) atoms. The van der Waals surface area contributed by atoms with Crippen LogP contribution in [0.3, 0.4) is 0 Å². The number of aromatic nitrogens is 2. The van der Waals surface area contributed by atoms with Gasteiger partial charge < -0.3 is 14.0 Å². The van der Waals surface area contributed by atoms with Crippen molar-refractivity contribution in [3.63, 3.8) is 0 Å². The number of imidazole rings is 1. The van der Waals surface area contributed by atoms with Crippen LogP contribution in [0.5, 0.6) is 0 Å². The number of furan rings is 1. The highest BCUT2D eigenvalue weighted by molar-refractivity contribution is 9.10. The summed E-state index contributed by atoms with van der Waals surface area (Å²) in [5, 5.41) is 0. The van der Waals surface area contributed by atoms with Crippen molar-refractivity contribution < 1.29 is 4.42 Å². The van der Waals surface area contributed by atoms with Crippen molar-refractivity contribution in [2.24, 2.45) is 0 Å². The van der Waals surface area contributed by atoms with Crippen LogP contribution in [-0.2, 0) is 6.54 Å². The number of nitrogens with zero attached hydrogens (tertiary/aromatic N) is 1. The molecular formula is C12H9BrN2OS. The van der Waals surface area contributed by atoms with E-state index >= 15 is 0 Å². The van der Waals surface area contributed by atoms with Crippen LogP contribution in [0.4, 0.5) is 0 Å². The van der Waals surface area contributed by atoms with Crippen molar-refractivity contribution in [3.8, 4) is 0 Å². The molecule has 0 fully saturated rings. The zero-order valence-electron chi connectivity index (χ0n) is 8.81. The van der Waals surface area contributed by atoms with E-state index < -0.39 is 0 Å².